The number of aliphatic carboxylic acids is 3. The molecule has 0 heterocycles. The van der Waals surface area contributed by atoms with Crippen LogP contribution in [-0.2, 0) is 23.9 Å². The summed E-state index contributed by atoms with van der Waals surface area (Å²) in [5.74, 6) is -3.53. The van der Waals surface area contributed by atoms with E-state index in [2.05, 4.69) is 17.9 Å². The van der Waals surface area contributed by atoms with Gasteiger partial charge in [0.2, 0.25) is 0 Å². The van der Waals surface area contributed by atoms with Gasteiger partial charge in [-0.2, -0.15) is 5.26 Å². The molecule has 0 radical (unpaired) electrons. The lowest BCUT2D eigenvalue weighted by Gasteiger charge is -1.97. The second-order valence-corrected chi connectivity index (χ2v) is 6.82. The highest BCUT2D eigenvalue weighted by atomic mass is 16.5. The molecule has 1 aromatic rings. The zero-order chi connectivity index (χ0) is 29.1. The van der Waals surface area contributed by atoms with Crippen LogP contribution >= 0.6 is 0 Å². The molecule has 0 saturated carbocycles. The Morgan fingerprint density at radius 2 is 1.65 bits per heavy atom. The number of rotatable bonds is 10. The molecule has 9 nitrogen and oxygen atoms in total. The third-order valence-electron chi connectivity index (χ3n) is 3.63. The van der Waals surface area contributed by atoms with Crippen molar-refractivity contribution in [2.45, 2.75) is 39.5 Å². The number of nitrogens with zero attached hydrogens (tertiary/aromatic N) is 1. The molecule has 0 unspecified atom stereocenters. The fraction of sp³-hybridized carbons (Fsp3) is 0.250. The Morgan fingerprint density at radius 3 is 2.00 bits per heavy atom. The summed E-state index contributed by atoms with van der Waals surface area (Å²) < 4.78 is 4.27. The van der Waals surface area contributed by atoms with E-state index < -0.39 is 24.3 Å². The van der Waals surface area contributed by atoms with Gasteiger partial charge in [0.15, 0.2) is 0 Å². The largest absolute Gasteiger partial charge is 0.481 e. The average Bonchev–Trinajstić information content (AvgIpc) is 2.86. The fourth-order valence-corrected chi connectivity index (χ4v) is 1.92. The van der Waals surface area contributed by atoms with E-state index in [4.69, 9.17) is 20.6 Å². The standard InChI is InChI=1S/C11H10O2.C9H14O4.C5H8O2.C3H3N/c12-11(13)9-5-4-8-10-6-2-1-3-7-10;1-2-3-4-5-7(9(12)13)6-8(10)11;1-4(2)5(6)7-3;1-2-3-4/h1-9H,(H,12,13);5H,2-4,6H2,1H3,(H,10,11)(H,12,13);1H2,2-3H3;2H,1H2. The van der Waals surface area contributed by atoms with Crippen molar-refractivity contribution in [1.29, 1.82) is 5.26 Å². The lowest BCUT2D eigenvalue weighted by atomic mass is 10.1. The summed E-state index contributed by atoms with van der Waals surface area (Å²) in [5.41, 5.74) is 1.46. The van der Waals surface area contributed by atoms with Crippen molar-refractivity contribution in [2.24, 2.45) is 0 Å². The number of nitriles is 1. The molecule has 9 heteroatoms. The Morgan fingerprint density at radius 1 is 1.08 bits per heavy atom. The Labute approximate surface area is 218 Å². The number of allylic oxidation sites excluding steroid dienone is 4. The first-order chi connectivity index (χ1) is 17.5. The third kappa shape index (κ3) is 29.3. The zero-order valence-electron chi connectivity index (χ0n) is 21.4. The predicted molar refractivity (Wildman–Crippen MR) is 142 cm³/mol. The van der Waals surface area contributed by atoms with Crippen molar-refractivity contribution in [3.05, 3.63) is 90.6 Å². The van der Waals surface area contributed by atoms with Gasteiger partial charge >= 0.3 is 23.9 Å². The highest BCUT2D eigenvalue weighted by Gasteiger charge is 2.10. The van der Waals surface area contributed by atoms with E-state index in [0.717, 1.165) is 24.5 Å². The molecule has 37 heavy (non-hydrogen) atoms. The monoisotopic (exact) mass is 513 g/mol. The molecule has 0 amide bonds. The van der Waals surface area contributed by atoms with Crippen molar-refractivity contribution < 1.29 is 39.2 Å². The highest BCUT2D eigenvalue weighted by Crippen LogP contribution is 2.06. The number of methoxy groups -OCH3 is 1. The van der Waals surface area contributed by atoms with Crippen LogP contribution in [-0.4, -0.2) is 46.3 Å². The fourth-order valence-electron chi connectivity index (χ4n) is 1.92. The van der Waals surface area contributed by atoms with Crippen LogP contribution < -0.4 is 0 Å². The van der Waals surface area contributed by atoms with Gasteiger partial charge in [-0.3, -0.25) is 4.79 Å². The van der Waals surface area contributed by atoms with Gasteiger partial charge in [-0.25, -0.2) is 14.4 Å². The number of carboxylic acid groups (broad SMARTS) is 3. The van der Waals surface area contributed by atoms with Gasteiger partial charge in [0.05, 0.1) is 19.6 Å². The van der Waals surface area contributed by atoms with Gasteiger partial charge in [-0.15, -0.1) is 0 Å². The van der Waals surface area contributed by atoms with Crippen LogP contribution in [0.3, 0.4) is 0 Å². The molecular weight excluding hydrogens is 478 g/mol. The van der Waals surface area contributed by atoms with Crippen LogP contribution in [0.25, 0.3) is 6.08 Å². The molecule has 0 fully saturated rings. The topological polar surface area (TPSA) is 162 Å². The van der Waals surface area contributed by atoms with Gasteiger partial charge in [-0.05, 0) is 18.9 Å². The van der Waals surface area contributed by atoms with E-state index in [1.807, 2.05) is 43.3 Å². The normalized spacial score (nSPS) is 9.73. The van der Waals surface area contributed by atoms with Crippen molar-refractivity contribution in [3.8, 4) is 6.07 Å². The minimum absolute atomic E-state index is 0.0269. The summed E-state index contributed by atoms with van der Waals surface area (Å²) in [6, 6.07) is 11.4. The van der Waals surface area contributed by atoms with Gasteiger partial charge in [-0.1, -0.05) is 87.6 Å². The molecule has 0 spiro atoms. The Kier molecular flexibility index (Phi) is 25.8. The average molecular weight is 514 g/mol. The number of carbonyl (C=O) groups is 4. The number of esters is 1. The number of carbonyl (C=O) groups excluding carboxylic acids is 1. The van der Waals surface area contributed by atoms with E-state index in [1.165, 1.54) is 25.3 Å². The summed E-state index contributed by atoms with van der Waals surface area (Å²) in [6.07, 6.45) is 10.9. The molecule has 0 aliphatic carbocycles. The van der Waals surface area contributed by atoms with E-state index >= 15 is 0 Å². The molecule has 1 aromatic carbocycles. The van der Waals surface area contributed by atoms with Crippen molar-refractivity contribution in [3.63, 3.8) is 0 Å². The summed E-state index contributed by atoms with van der Waals surface area (Å²) in [4.78, 5) is 41.0. The zero-order valence-corrected chi connectivity index (χ0v) is 21.4. The van der Waals surface area contributed by atoms with E-state index in [-0.39, 0.29) is 11.5 Å². The van der Waals surface area contributed by atoms with E-state index in [1.54, 1.807) is 19.1 Å². The molecule has 0 atom stereocenters. The van der Waals surface area contributed by atoms with Gasteiger partial charge < -0.3 is 20.1 Å². The smallest absolute Gasteiger partial charge is 0.332 e. The van der Waals surface area contributed by atoms with Crippen LogP contribution in [0.4, 0.5) is 0 Å². The highest BCUT2D eigenvalue weighted by molar-refractivity contribution is 5.92. The number of hydrogen-bond acceptors (Lipinski definition) is 6. The van der Waals surface area contributed by atoms with Gasteiger partial charge in [0.1, 0.15) is 0 Å². The summed E-state index contributed by atoms with van der Waals surface area (Å²) in [6.45, 7) is 10.1. The minimum Gasteiger partial charge on any atom is -0.481 e. The molecule has 0 aliphatic heterocycles. The molecule has 0 saturated heterocycles. The van der Waals surface area contributed by atoms with Crippen molar-refractivity contribution >= 4 is 30.0 Å². The minimum atomic E-state index is -1.14. The van der Waals surface area contributed by atoms with Gasteiger partial charge in [0.25, 0.3) is 0 Å². The maximum atomic E-state index is 10.5. The number of ether oxygens (including phenoxy) is 1. The third-order valence-corrected chi connectivity index (χ3v) is 3.63. The van der Waals surface area contributed by atoms with E-state index in [0.29, 0.717) is 12.0 Å². The lowest BCUT2D eigenvalue weighted by molar-refractivity contribution is -0.139. The second-order valence-electron chi connectivity index (χ2n) is 6.82. The first-order valence-corrected chi connectivity index (χ1v) is 11.0. The first-order valence-electron chi connectivity index (χ1n) is 11.0. The van der Waals surface area contributed by atoms with Gasteiger partial charge in [0, 0.05) is 23.3 Å². The first kappa shape index (κ1) is 36.9. The molecule has 0 aliphatic rings. The Hall–Kier alpha value is -4.71. The van der Waals surface area contributed by atoms with Crippen LogP contribution in [0.2, 0.25) is 0 Å². The number of hydrogen-bond donors (Lipinski definition) is 3. The molecular formula is C28H35NO8. The lowest BCUT2D eigenvalue weighted by Crippen LogP contribution is -2.06. The molecule has 0 aromatic heterocycles. The Bertz CT molecular complexity index is 983. The SMILES string of the molecule is C=C(C)C(=O)OC.C=CC#N.CCCCC=C(CC(=O)O)C(=O)O.O=C(O)C=CC=Cc1ccccc1. The maximum absolute atomic E-state index is 10.5. The summed E-state index contributed by atoms with van der Waals surface area (Å²) in [5, 5.41) is 32.8. The Balaban J connectivity index is -0.000000453. The van der Waals surface area contributed by atoms with Crippen LogP contribution in [0.5, 0.6) is 0 Å². The number of benzene rings is 1. The molecule has 200 valence electrons. The number of unbranched alkanes of at least 4 members (excludes halogenated alkanes) is 2. The van der Waals surface area contributed by atoms with Crippen LogP contribution in [0.15, 0.2) is 85.0 Å². The second kappa shape index (κ2) is 25.9. The summed E-state index contributed by atoms with van der Waals surface area (Å²) in [7, 11) is 1.33. The van der Waals surface area contributed by atoms with Crippen molar-refractivity contribution in [1.82, 2.24) is 0 Å². The van der Waals surface area contributed by atoms with Crippen LogP contribution in [0.1, 0.15) is 45.1 Å². The maximum Gasteiger partial charge on any atom is 0.332 e. The quantitative estimate of drug-likeness (QED) is 0.122. The molecule has 3 N–H and O–H groups in total. The van der Waals surface area contributed by atoms with Crippen molar-refractivity contribution in [2.75, 3.05) is 7.11 Å². The van der Waals surface area contributed by atoms with E-state index in [9.17, 15) is 19.2 Å². The van der Waals surface area contributed by atoms with Crippen LogP contribution in [0, 0.1) is 11.3 Å². The molecule has 1 rings (SSSR count). The summed E-state index contributed by atoms with van der Waals surface area (Å²) >= 11 is 0. The number of carboxylic acids is 3. The predicted octanol–water partition coefficient (Wildman–Crippen LogP) is 5.43. The molecule has 0 bridgehead atoms.